The Morgan fingerprint density at radius 1 is 1.06 bits per heavy atom. The van der Waals surface area contributed by atoms with Crippen molar-refractivity contribution in [1.82, 2.24) is 15.3 Å². The summed E-state index contributed by atoms with van der Waals surface area (Å²) >= 11 is 0. The lowest BCUT2D eigenvalue weighted by atomic mass is 10.2. The third-order valence-corrected chi connectivity index (χ3v) is 4.73. The first kappa shape index (κ1) is 30.0. The fourth-order valence-corrected chi connectivity index (χ4v) is 3.33. The Kier molecular flexibility index (Phi) is 15.7. The van der Waals surface area contributed by atoms with E-state index in [4.69, 9.17) is 4.74 Å². The third kappa shape index (κ3) is 10.4. The van der Waals surface area contributed by atoms with Crippen molar-refractivity contribution < 1.29 is 4.74 Å². The number of anilines is 2. The minimum atomic E-state index is 0.568. The van der Waals surface area contributed by atoms with Gasteiger partial charge in [0.2, 0.25) is 5.88 Å². The zero-order chi connectivity index (χ0) is 25.9. The number of aromatic nitrogens is 2. The number of H-pyrrole nitrogens is 1. The van der Waals surface area contributed by atoms with Gasteiger partial charge in [0, 0.05) is 48.5 Å². The van der Waals surface area contributed by atoms with Crippen molar-refractivity contribution in [2.75, 3.05) is 43.6 Å². The van der Waals surface area contributed by atoms with Gasteiger partial charge in [-0.2, -0.15) is 5.10 Å². The van der Waals surface area contributed by atoms with E-state index < -0.39 is 0 Å². The van der Waals surface area contributed by atoms with E-state index in [0.29, 0.717) is 12.5 Å². The summed E-state index contributed by atoms with van der Waals surface area (Å²) in [7, 11) is 1.91. The molecule has 2 heterocycles. The van der Waals surface area contributed by atoms with Crippen molar-refractivity contribution in [3.05, 3.63) is 48.3 Å². The van der Waals surface area contributed by atoms with Crippen LogP contribution in [0.1, 0.15) is 66.5 Å². The number of benzene rings is 1. The molecule has 194 valence electrons. The number of likely N-dealkylation sites (N-methyl/N-ethyl adjacent to an activating group) is 1. The highest BCUT2D eigenvalue weighted by atomic mass is 16.5. The van der Waals surface area contributed by atoms with Crippen LogP contribution in [0.25, 0.3) is 10.9 Å². The average Bonchev–Trinajstić information content (AvgIpc) is 3.29. The average molecular weight is 483 g/mol. The topological polar surface area (TPSA) is 77.6 Å². The molecule has 0 aliphatic carbocycles. The smallest absolute Gasteiger partial charge is 0.215 e. The van der Waals surface area contributed by atoms with Gasteiger partial charge < -0.3 is 19.9 Å². The van der Waals surface area contributed by atoms with Crippen molar-refractivity contribution in [2.45, 2.75) is 60.8 Å². The van der Waals surface area contributed by atoms with Crippen molar-refractivity contribution in [1.29, 1.82) is 0 Å². The summed E-state index contributed by atoms with van der Waals surface area (Å²) in [5.74, 6) is 0.619. The molecule has 3 N–H and O–H groups in total. The highest BCUT2D eigenvalue weighted by molar-refractivity contribution is 5.92. The summed E-state index contributed by atoms with van der Waals surface area (Å²) in [5, 5.41) is 8.61. The van der Waals surface area contributed by atoms with E-state index in [2.05, 4.69) is 70.5 Å². The Bertz CT molecular complexity index is 963. The second kappa shape index (κ2) is 18.3. The van der Waals surface area contributed by atoms with Crippen LogP contribution in [0.15, 0.2) is 47.7 Å². The van der Waals surface area contributed by atoms with Gasteiger partial charge in [0.05, 0.1) is 17.6 Å². The first-order chi connectivity index (χ1) is 17.2. The molecule has 0 unspecified atom stereocenters. The van der Waals surface area contributed by atoms with Gasteiger partial charge in [0.15, 0.2) is 0 Å². The molecular weight excluding hydrogens is 436 g/mol. The summed E-state index contributed by atoms with van der Waals surface area (Å²) in [4.78, 5) is 10.2. The molecule has 3 rings (SSSR count). The molecule has 0 bridgehead atoms. The maximum atomic E-state index is 5.86. The molecule has 0 radical (unpaired) electrons. The Labute approximate surface area is 212 Å². The van der Waals surface area contributed by atoms with E-state index in [9.17, 15) is 0 Å². The second-order valence-corrected chi connectivity index (χ2v) is 7.85. The van der Waals surface area contributed by atoms with Gasteiger partial charge in [-0.1, -0.05) is 66.2 Å². The van der Waals surface area contributed by atoms with Gasteiger partial charge in [-0.3, -0.25) is 5.43 Å². The zero-order valence-corrected chi connectivity index (χ0v) is 22.8. The van der Waals surface area contributed by atoms with E-state index in [-0.39, 0.29) is 0 Å². The molecule has 0 saturated carbocycles. The number of aromatic amines is 1. The summed E-state index contributed by atoms with van der Waals surface area (Å²) in [6.45, 7) is 16.0. The maximum absolute atomic E-state index is 5.86. The van der Waals surface area contributed by atoms with Gasteiger partial charge in [-0.05, 0) is 32.0 Å². The maximum Gasteiger partial charge on any atom is 0.215 e. The van der Waals surface area contributed by atoms with Gasteiger partial charge in [-0.25, -0.2) is 4.98 Å². The molecule has 0 aliphatic heterocycles. The molecule has 7 heteroatoms. The molecule has 0 amide bonds. The van der Waals surface area contributed by atoms with Crippen LogP contribution in [0.4, 0.5) is 11.4 Å². The molecule has 0 atom stereocenters. The van der Waals surface area contributed by atoms with Gasteiger partial charge in [-0.15, -0.1) is 0 Å². The number of para-hydroxylation sites is 1. The van der Waals surface area contributed by atoms with Crippen molar-refractivity contribution in [3.63, 3.8) is 0 Å². The largest absolute Gasteiger partial charge is 0.476 e. The molecule has 1 aromatic carbocycles. The van der Waals surface area contributed by atoms with Crippen molar-refractivity contribution in [2.24, 2.45) is 5.10 Å². The minimum absolute atomic E-state index is 0.568. The number of pyridine rings is 1. The second-order valence-electron chi connectivity index (χ2n) is 7.85. The molecule has 0 saturated heterocycles. The van der Waals surface area contributed by atoms with Crippen LogP contribution in [0.2, 0.25) is 0 Å². The lowest BCUT2D eigenvalue weighted by molar-refractivity contribution is 0.306. The number of nitrogens with one attached hydrogen (secondary N) is 3. The first-order valence-electron chi connectivity index (χ1n) is 13.1. The first-order valence-corrected chi connectivity index (χ1v) is 13.1. The molecule has 2 aromatic heterocycles. The Morgan fingerprint density at radius 2 is 1.74 bits per heavy atom. The number of rotatable bonds is 12. The van der Waals surface area contributed by atoms with E-state index in [1.54, 1.807) is 6.21 Å². The van der Waals surface area contributed by atoms with Crippen molar-refractivity contribution in [3.8, 4) is 5.88 Å². The molecule has 0 fully saturated rings. The van der Waals surface area contributed by atoms with Crippen LogP contribution in [-0.4, -0.2) is 49.5 Å². The summed E-state index contributed by atoms with van der Waals surface area (Å²) < 4.78 is 5.86. The number of hydrogen-bond donors (Lipinski definition) is 3. The molecular formula is C28H46N6O. The predicted molar refractivity (Wildman–Crippen MR) is 153 cm³/mol. The SMILES string of the molecule is CC.CCC.CCCN(CCC)c1cc(/C=N/Nc2c[nH]c3ccccc23)nc(OCCNC)c1. The van der Waals surface area contributed by atoms with E-state index in [1.165, 1.54) is 6.42 Å². The van der Waals surface area contributed by atoms with Crippen LogP contribution >= 0.6 is 0 Å². The Morgan fingerprint density at radius 3 is 2.40 bits per heavy atom. The summed E-state index contributed by atoms with van der Waals surface area (Å²) in [6.07, 6.45) is 7.09. The van der Waals surface area contributed by atoms with Gasteiger partial charge >= 0.3 is 0 Å². The van der Waals surface area contributed by atoms with Crippen LogP contribution in [0, 0.1) is 0 Å². The van der Waals surface area contributed by atoms with Crippen LogP contribution < -0.4 is 20.4 Å². The molecule has 0 spiro atoms. The number of ether oxygens (including phenoxy) is 1. The van der Waals surface area contributed by atoms with E-state index in [1.807, 2.05) is 51.4 Å². The molecule has 3 aromatic rings. The predicted octanol–water partition coefficient (Wildman–Crippen LogP) is 6.68. The normalized spacial score (nSPS) is 10.4. The van der Waals surface area contributed by atoms with Crippen LogP contribution in [-0.2, 0) is 0 Å². The summed E-state index contributed by atoms with van der Waals surface area (Å²) in [5.41, 5.74) is 7.00. The quantitative estimate of drug-likeness (QED) is 0.153. The Hall–Kier alpha value is -3.06. The standard InChI is InChI=1S/C23H32N6O.C3H8.C2H6/c1-4-11-29(12-5-2)19-14-18(27-23(15-19)30-13-10-24-3)16-26-28-22-17-25-21-9-7-6-8-20(21)22;1-3-2;1-2/h6-9,14-17,24-25,28H,4-5,10-13H2,1-3H3;3H2,1-2H3;1-2H3/b26-16+;;. The van der Waals surface area contributed by atoms with Crippen LogP contribution in [0.3, 0.4) is 0 Å². The number of hydrazone groups is 1. The van der Waals surface area contributed by atoms with E-state index in [0.717, 1.165) is 60.4 Å². The minimum Gasteiger partial charge on any atom is -0.476 e. The third-order valence-electron chi connectivity index (χ3n) is 4.73. The Balaban J connectivity index is 0.00000114. The van der Waals surface area contributed by atoms with Crippen LogP contribution in [0.5, 0.6) is 5.88 Å². The molecule has 0 aliphatic rings. The lowest BCUT2D eigenvalue weighted by Gasteiger charge is -2.24. The number of hydrogen-bond acceptors (Lipinski definition) is 6. The fraction of sp³-hybridized carbons (Fsp3) is 0.500. The van der Waals surface area contributed by atoms with E-state index >= 15 is 0 Å². The molecule has 35 heavy (non-hydrogen) atoms. The van der Waals surface area contributed by atoms with Gasteiger partial charge in [0.1, 0.15) is 6.61 Å². The molecule has 7 nitrogen and oxygen atoms in total. The summed E-state index contributed by atoms with van der Waals surface area (Å²) in [6, 6.07) is 12.2. The fourth-order valence-electron chi connectivity index (χ4n) is 3.33. The monoisotopic (exact) mass is 482 g/mol. The van der Waals surface area contributed by atoms with Crippen molar-refractivity contribution >= 4 is 28.5 Å². The lowest BCUT2D eigenvalue weighted by Crippen LogP contribution is -2.25. The number of fused-ring (bicyclic) bond motifs is 1. The highest BCUT2D eigenvalue weighted by Gasteiger charge is 2.10. The highest BCUT2D eigenvalue weighted by Crippen LogP contribution is 2.23. The van der Waals surface area contributed by atoms with Gasteiger partial charge in [0.25, 0.3) is 0 Å². The number of nitrogens with zero attached hydrogens (tertiary/aromatic N) is 3. The zero-order valence-electron chi connectivity index (χ0n) is 22.8.